The molecule has 4 rings (SSSR count). The largest absolute Gasteiger partial charge is 0.380 e. The summed E-state index contributed by atoms with van der Waals surface area (Å²) in [4.78, 5) is 14.9. The van der Waals surface area contributed by atoms with E-state index in [0.717, 1.165) is 63.8 Å². The minimum absolute atomic E-state index is 0.0216. The summed E-state index contributed by atoms with van der Waals surface area (Å²) in [6, 6.07) is 3.83. The molecule has 3 fully saturated rings. The van der Waals surface area contributed by atoms with Gasteiger partial charge in [0.15, 0.2) is 0 Å². The minimum atomic E-state index is -0.0216. The molecule has 0 aromatic carbocycles. The molecule has 1 aliphatic carbocycles. The molecule has 24 heavy (non-hydrogen) atoms. The maximum Gasteiger partial charge on any atom is 0.270 e. The SMILES string of the molecule is Cn1cccc1C(=O)N1CC[C@@H]2OCCC[C@@]2(COCC2CC2)C1. The zero-order valence-electron chi connectivity index (χ0n) is 14.6. The molecule has 5 nitrogen and oxygen atoms in total. The van der Waals surface area contributed by atoms with Crippen LogP contribution in [0.15, 0.2) is 18.3 Å². The molecular weight excluding hydrogens is 304 g/mol. The second-order valence-electron chi connectivity index (χ2n) is 7.80. The number of carbonyl (C=O) groups is 1. The maximum atomic E-state index is 12.9. The molecule has 0 unspecified atom stereocenters. The second kappa shape index (κ2) is 6.52. The van der Waals surface area contributed by atoms with Gasteiger partial charge in [0, 0.05) is 45.0 Å². The van der Waals surface area contributed by atoms with Gasteiger partial charge in [0.1, 0.15) is 5.69 Å². The molecule has 3 heterocycles. The number of piperidine rings is 1. The van der Waals surface area contributed by atoms with Crippen LogP contribution in [0.2, 0.25) is 0 Å². The van der Waals surface area contributed by atoms with Crippen LogP contribution >= 0.6 is 0 Å². The first-order chi connectivity index (χ1) is 11.7. The number of ether oxygens (including phenoxy) is 2. The fourth-order valence-corrected chi connectivity index (χ4v) is 4.23. The van der Waals surface area contributed by atoms with Crippen molar-refractivity contribution in [2.24, 2.45) is 18.4 Å². The first-order valence-electron chi connectivity index (χ1n) is 9.28. The summed E-state index contributed by atoms with van der Waals surface area (Å²) >= 11 is 0. The van der Waals surface area contributed by atoms with Crippen molar-refractivity contribution in [3.05, 3.63) is 24.0 Å². The van der Waals surface area contributed by atoms with Crippen molar-refractivity contribution in [1.82, 2.24) is 9.47 Å². The number of rotatable bonds is 5. The third-order valence-electron chi connectivity index (χ3n) is 5.88. The topological polar surface area (TPSA) is 43.7 Å². The molecule has 1 aromatic rings. The van der Waals surface area contributed by atoms with Gasteiger partial charge >= 0.3 is 0 Å². The normalized spacial score (nSPS) is 30.2. The van der Waals surface area contributed by atoms with Crippen LogP contribution < -0.4 is 0 Å². The van der Waals surface area contributed by atoms with Crippen LogP contribution in [0.1, 0.15) is 42.6 Å². The predicted molar refractivity (Wildman–Crippen MR) is 90.9 cm³/mol. The lowest BCUT2D eigenvalue weighted by Crippen LogP contribution is -2.58. The van der Waals surface area contributed by atoms with Crippen molar-refractivity contribution in [2.45, 2.75) is 38.2 Å². The van der Waals surface area contributed by atoms with Crippen LogP contribution in [0, 0.1) is 11.3 Å². The molecule has 1 amide bonds. The van der Waals surface area contributed by atoms with Crippen LogP contribution in [0.25, 0.3) is 0 Å². The van der Waals surface area contributed by atoms with Gasteiger partial charge in [0.05, 0.1) is 12.7 Å². The van der Waals surface area contributed by atoms with Gasteiger partial charge in [-0.3, -0.25) is 4.79 Å². The lowest BCUT2D eigenvalue weighted by Gasteiger charge is -2.50. The van der Waals surface area contributed by atoms with Crippen molar-refractivity contribution >= 4 is 5.91 Å². The van der Waals surface area contributed by atoms with E-state index in [9.17, 15) is 4.79 Å². The molecular formula is C19H28N2O3. The molecule has 3 aliphatic rings. The zero-order chi connectivity index (χ0) is 16.6. The molecule has 0 N–H and O–H groups in total. The van der Waals surface area contributed by atoms with Crippen LogP contribution in [0.5, 0.6) is 0 Å². The van der Waals surface area contributed by atoms with Gasteiger partial charge in [-0.15, -0.1) is 0 Å². The molecule has 5 heteroatoms. The Morgan fingerprint density at radius 3 is 3.04 bits per heavy atom. The van der Waals surface area contributed by atoms with Crippen molar-refractivity contribution in [3.63, 3.8) is 0 Å². The maximum absolute atomic E-state index is 12.9. The molecule has 132 valence electrons. The van der Waals surface area contributed by atoms with Gasteiger partial charge in [-0.1, -0.05) is 0 Å². The standard InChI is InChI=1S/C19H28N2O3/c1-20-9-2-4-16(20)18(22)21-10-7-17-19(13-21,8-3-11-24-17)14-23-12-15-5-6-15/h2,4,9,15,17H,3,5-8,10-14H2,1H3/t17-,19-/m0/s1. The van der Waals surface area contributed by atoms with E-state index in [1.54, 1.807) is 0 Å². The van der Waals surface area contributed by atoms with E-state index in [-0.39, 0.29) is 17.4 Å². The van der Waals surface area contributed by atoms with E-state index in [1.807, 2.05) is 34.8 Å². The number of hydrogen-bond donors (Lipinski definition) is 0. The molecule has 2 atom stereocenters. The van der Waals surface area contributed by atoms with Gasteiger partial charge in [-0.25, -0.2) is 0 Å². The third-order valence-corrected chi connectivity index (χ3v) is 5.88. The first-order valence-corrected chi connectivity index (χ1v) is 9.28. The quantitative estimate of drug-likeness (QED) is 0.832. The zero-order valence-corrected chi connectivity index (χ0v) is 14.6. The van der Waals surface area contributed by atoms with E-state index in [2.05, 4.69) is 0 Å². The van der Waals surface area contributed by atoms with Crippen LogP contribution in [-0.4, -0.2) is 54.4 Å². The molecule has 2 saturated heterocycles. The Labute approximate surface area is 143 Å². The lowest BCUT2D eigenvalue weighted by atomic mass is 9.73. The van der Waals surface area contributed by atoms with Crippen LogP contribution in [0.3, 0.4) is 0 Å². The minimum Gasteiger partial charge on any atom is -0.380 e. The van der Waals surface area contributed by atoms with Crippen LogP contribution in [0.4, 0.5) is 0 Å². The number of nitrogens with zero attached hydrogens (tertiary/aromatic N) is 2. The summed E-state index contributed by atoms with van der Waals surface area (Å²) < 4.78 is 14.1. The molecule has 2 aliphatic heterocycles. The Kier molecular flexibility index (Phi) is 4.39. The first kappa shape index (κ1) is 16.2. The summed E-state index contributed by atoms with van der Waals surface area (Å²) in [5.74, 6) is 0.905. The monoisotopic (exact) mass is 332 g/mol. The van der Waals surface area contributed by atoms with Gasteiger partial charge in [-0.05, 0) is 50.2 Å². The van der Waals surface area contributed by atoms with E-state index in [1.165, 1.54) is 12.8 Å². The van der Waals surface area contributed by atoms with E-state index in [0.29, 0.717) is 0 Å². The highest BCUT2D eigenvalue weighted by molar-refractivity contribution is 5.92. The van der Waals surface area contributed by atoms with Gasteiger partial charge in [0.25, 0.3) is 5.91 Å². The number of aryl methyl sites for hydroxylation is 1. The number of fused-ring (bicyclic) bond motifs is 1. The number of aromatic nitrogens is 1. The van der Waals surface area contributed by atoms with Crippen molar-refractivity contribution < 1.29 is 14.3 Å². The predicted octanol–water partition coefficient (Wildman–Crippen LogP) is 2.46. The molecule has 0 bridgehead atoms. The highest BCUT2D eigenvalue weighted by atomic mass is 16.5. The molecule has 1 aromatic heterocycles. The van der Waals surface area contributed by atoms with Gasteiger partial charge in [-0.2, -0.15) is 0 Å². The highest BCUT2D eigenvalue weighted by Gasteiger charge is 2.47. The van der Waals surface area contributed by atoms with E-state index >= 15 is 0 Å². The number of amides is 1. The Morgan fingerprint density at radius 1 is 1.42 bits per heavy atom. The molecule has 1 saturated carbocycles. The van der Waals surface area contributed by atoms with Crippen molar-refractivity contribution in [3.8, 4) is 0 Å². The summed E-state index contributed by atoms with van der Waals surface area (Å²) in [6.07, 6.45) is 7.87. The molecule has 0 radical (unpaired) electrons. The smallest absolute Gasteiger partial charge is 0.270 e. The fraction of sp³-hybridized carbons (Fsp3) is 0.737. The van der Waals surface area contributed by atoms with E-state index in [4.69, 9.17) is 9.47 Å². The third kappa shape index (κ3) is 3.11. The number of hydrogen-bond acceptors (Lipinski definition) is 3. The summed E-state index contributed by atoms with van der Waals surface area (Å²) in [7, 11) is 1.93. The average Bonchev–Trinajstić information content (AvgIpc) is 3.32. The summed E-state index contributed by atoms with van der Waals surface area (Å²) in [5, 5.41) is 0. The highest BCUT2D eigenvalue weighted by Crippen LogP contribution is 2.41. The van der Waals surface area contributed by atoms with Crippen molar-refractivity contribution in [2.75, 3.05) is 32.9 Å². The lowest BCUT2D eigenvalue weighted by molar-refractivity contribution is -0.147. The Hall–Kier alpha value is -1.33. The summed E-state index contributed by atoms with van der Waals surface area (Å²) in [5.41, 5.74) is 0.742. The summed E-state index contributed by atoms with van der Waals surface area (Å²) in [6.45, 7) is 3.98. The molecule has 0 spiro atoms. The van der Waals surface area contributed by atoms with Crippen molar-refractivity contribution in [1.29, 1.82) is 0 Å². The van der Waals surface area contributed by atoms with Crippen LogP contribution in [-0.2, 0) is 16.5 Å². The van der Waals surface area contributed by atoms with E-state index < -0.39 is 0 Å². The number of carbonyl (C=O) groups excluding carboxylic acids is 1. The number of likely N-dealkylation sites (tertiary alicyclic amines) is 1. The Bertz CT molecular complexity index is 595. The average molecular weight is 332 g/mol. The fourth-order valence-electron chi connectivity index (χ4n) is 4.23. The Morgan fingerprint density at radius 2 is 2.29 bits per heavy atom. The van der Waals surface area contributed by atoms with Gasteiger partial charge < -0.3 is 18.9 Å². The van der Waals surface area contributed by atoms with Gasteiger partial charge in [0.2, 0.25) is 0 Å². The second-order valence-corrected chi connectivity index (χ2v) is 7.80. The Balaban J connectivity index is 1.47.